The lowest BCUT2D eigenvalue weighted by molar-refractivity contribution is -0.121. The van der Waals surface area contributed by atoms with Crippen LogP contribution in [0.2, 0.25) is 0 Å². The van der Waals surface area contributed by atoms with E-state index < -0.39 is 9.84 Å². The number of sulfone groups is 1. The van der Waals surface area contributed by atoms with Crippen molar-refractivity contribution in [1.82, 2.24) is 5.32 Å². The number of carbonyl (C=O) groups is 1. The Kier molecular flexibility index (Phi) is 5.72. The molecule has 6 heteroatoms. The molecule has 0 aromatic heterocycles. The van der Waals surface area contributed by atoms with E-state index in [1.807, 2.05) is 6.92 Å². The molecule has 1 unspecified atom stereocenters. The fraction of sp³-hybridized carbons (Fsp3) is 0.278. The summed E-state index contributed by atoms with van der Waals surface area (Å²) in [5, 5.41) is 2.86. The molecular weight excluding hydrogens is 329 g/mol. The molecule has 1 atom stereocenters. The van der Waals surface area contributed by atoms with Gasteiger partial charge in [-0.2, -0.15) is 0 Å². The Bertz CT molecular complexity index is 816. The van der Waals surface area contributed by atoms with Crippen LogP contribution in [-0.4, -0.2) is 20.6 Å². The third kappa shape index (κ3) is 5.16. The molecule has 4 nitrogen and oxygen atoms in total. The van der Waals surface area contributed by atoms with Crippen LogP contribution in [0.4, 0.5) is 4.39 Å². The lowest BCUT2D eigenvalue weighted by Gasteiger charge is -2.15. The van der Waals surface area contributed by atoms with Crippen LogP contribution in [-0.2, 0) is 21.1 Å². The molecule has 0 aliphatic carbocycles. The average molecular weight is 349 g/mol. The van der Waals surface area contributed by atoms with Crippen molar-refractivity contribution in [3.63, 3.8) is 0 Å². The van der Waals surface area contributed by atoms with Gasteiger partial charge in [-0.15, -0.1) is 0 Å². The van der Waals surface area contributed by atoms with Crippen LogP contribution in [0.5, 0.6) is 0 Å². The van der Waals surface area contributed by atoms with Crippen molar-refractivity contribution in [2.75, 3.05) is 6.26 Å². The van der Waals surface area contributed by atoms with E-state index in [0.29, 0.717) is 6.42 Å². The van der Waals surface area contributed by atoms with E-state index in [0.717, 1.165) is 17.4 Å². The fourth-order valence-corrected chi connectivity index (χ4v) is 2.98. The number of aryl methyl sites for hydroxylation is 1. The van der Waals surface area contributed by atoms with Gasteiger partial charge < -0.3 is 5.32 Å². The Labute approximate surface area is 141 Å². The summed E-state index contributed by atoms with van der Waals surface area (Å²) in [7, 11) is -3.23. The maximum absolute atomic E-state index is 13.1. The molecule has 24 heavy (non-hydrogen) atoms. The Morgan fingerprint density at radius 1 is 1.17 bits per heavy atom. The molecule has 0 aliphatic rings. The highest BCUT2D eigenvalue weighted by Crippen LogP contribution is 2.16. The molecule has 128 valence electrons. The number of halogens is 1. The van der Waals surface area contributed by atoms with E-state index in [-0.39, 0.29) is 29.1 Å². The first-order chi connectivity index (χ1) is 11.3. The van der Waals surface area contributed by atoms with Gasteiger partial charge in [0.1, 0.15) is 5.82 Å². The maximum Gasteiger partial charge on any atom is 0.220 e. The highest BCUT2D eigenvalue weighted by atomic mass is 32.2. The number of hydrogen-bond acceptors (Lipinski definition) is 3. The van der Waals surface area contributed by atoms with E-state index in [1.54, 1.807) is 24.3 Å². The summed E-state index contributed by atoms with van der Waals surface area (Å²) in [6, 6.07) is 12.4. The quantitative estimate of drug-likeness (QED) is 0.872. The van der Waals surface area contributed by atoms with Gasteiger partial charge in [0.2, 0.25) is 5.91 Å². The molecule has 1 amide bonds. The molecule has 0 fully saturated rings. The van der Waals surface area contributed by atoms with Gasteiger partial charge in [0.15, 0.2) is 9.84 Å². The van der Waals surface area contributed by atoms with E-state index in [1.165, 1.54) is 24.3 Å². The predicted octanol–water partition coefficient (Wildman–Crippen LogP) is 3.04. The average Bonchev–Trinajstić information content (AvgIpc) is 2.52. The summed E-state index contributed by atoms with van der Waals surface area (Å²) in [6.07, 6.45) is 1.87. The van der Waals surface area contributed by atoms with Crippen LogP contribution in [0.15, 0.2) is 53.4 Å². The molecule has 0 heterocycles. The van der Waals surface area contributed by atoms with Crippen LogP contribution in [0.1, 0.15) is 30.5 Å². The summed E-state index contributed by atoms with van der Waals surface area (Å²) in [4.78, 5) is 12.3. The summed E-state index contributed by atoms with van der Waals surface area (Å²) < 4.78 is 36.0. The van der Waals surface area contributed by atoms with Crippen molar-refractivity contribution in [3.05, 3.63) is 65.5 Å². The number of hydrogen-bond donors (Lipinski definition) is 1. The summed E-state index contributed by atoms with van der Waals surface area (Å²) >= 11 is 0. The zero-order valence-electron chi connectivity index (χ0n) is 13.6. The third-order valence-electron chi connectivity index (χ3n) is 3.72. The number of nitrogens with one attached hydrogen (secondary N) is 1. The maximum atomic E-state index is 13.1. The number of amides is 1. The van der Waals surface area contributed by atoms with Crippen molar-refractivity contribution in [1.29, 1.82) is 0 Å². The Hall–Kier alpha value is -2.21. The molecule has 0 aliphatic heterocycles. The largest absolute Gasteiger partial charge is 0.350 e. The summed E-state index contributed by atoms with van der Waals surface area (Å²) in [5.74, 6) is -0.453. The van der Waals surface area contributed by atoms with Gasteiger partial charge in [-0.05, 0) is 48.7 Å². The van der Waals surface area contributed by atoms with Crippen LogP contribution in [0.3, 0.4) is 0 Å². The van der Waals surface area contributed by atoms with Crippen molar-refractivity contribution in [3.8, 4) is 0 Å². The summed E-state index contributed by atoms with van der Waals surface area (Å²) in [5.41, 5.74) is 1.59. The normalized spacial score (nSPS) is 12.6. The monoisotopic (exact) mass is 349 g/mol. The second-order valence-corrected chi connectivity index (χ2v) is 7.78. The SMILES string of the molecule is CC(NC(=O)CCc1cccc(F)c1)c1ccc(S(C)(=O)=O)cc1. The topological polar surface area (TPSA) is 63.2 Å². The van der Waals surface area contributed by atoms with Gasteiger partial charge in [-0.1, -0.05) is 24.3 Å². The molecule has 2 rings (SSSR count). The van der Waals surface area contributed by atoms with Gasteiger partial charge >= 0.3 is 0 Å². The van der Waals surface area contributed by atoms with E-state index in [2.05, 4.69) is 5.32 Å². The fourth-order valence-electron chi connectivity index (χ4n) is 2.35. The zero-order chi connectivity index (χ0) is 17.7. The minimum Gasteiger partial charge on any atom is -0.350 e. The predicted molar refractivity (Wildman–Crippen MR) is 90.8 cm³/mol. The van der Waals surface area contributed by atoms with E-state index in [9.17, 15) is 17.6 Å². The van der Waals surface area contributed by atoms with E-state index >= 15 is 0 Å². The molecule has 0 saturated heterocycles. The highest BCUT2D eigenvalue weighted by molar-refractivity contribution is 7.90. The number of benzene rings is 2. The first kappa shape index (κ1) is 18.1. The van der Waals surface area contributed by atoms with Crippen molar-refractivity contribution >= 4 is 15.7 Å². The molecular formula is C18H20FNO3S. The molecule has 2 aromatic carbocycles. The highest BCUT2D eigenvalue weighted by Gasteiger charge is 2.12. The zero-order valence-corrected chi connectivity index (χ0v) is 14.4. The molecule has 1 N–H and O–H groups in total. The molecule has 2 aromatic rings. The number of rotatable bonds is 6. The molecule has 0 radical (unpaired) electrons. The van der Waals surface area contributed by atoms with Gasteiger partial charge in [0.05, 0.1) is 10.9 Å². The standard InChI is InChI=1S/C18H20FNO3S/c1-13(15-7-9-17(10-8-15)24(2,22)23)20-18(21)11-6-14-4-3-5-16(19)12-14/h3-5,7-10,12-13H,6,11H2,1-2H3,(H,20,21). The minimum absolute atomic E-state index is 0.140. The lowest BCUT2D eigenvalue weighted by Crippen LogP contribution is -2.26. The van der Waals surface area contributed by atoms with Gasteiger partial charge in [0, 0.05) is 12.7 Å². The first-order valence-corrected chi connectivity index (χ1v) is 9.48. The minimum atomic E-state index is -3.23. The third-order valence-corrected chi connectivity index (χ3v) is 4.84. The molecule has 0 saturated carbocycles. The Morgan fingerprint density at radius 2 is 1.83 bits per heavy atom. The summed E-state index contributed by atoms with van der Waals surface area (Å²) in [6.45, 7) is 1.83. The number of carbonyl (C=O) groups excluding carboxylic acids is 1. The van der Waals surface area contributed by atoms with Crippen LogP contribution < -0.4 is 5.32 Å². The van der Waals surface area contributed by atoms with Crippen molar-refractivity contribution in [2.45, 2.75) is 30.7 Å². The second-order valence-electron chi connectivity index (χ2n) is 5.76. The van der Waals surface area contributed by atoms with Crippen LogP contribution in [0, 0.1) is 5.82 Å². The molecule has 0 spiro atoms. The van der Waals surface area contributed by atoms with Crippen LogP contribution in [0.25, 0.3) is 0 Å². The van der Waals surface area contributed by atoms with Crippen LogP contribution >= 0.6 is 0 Å². The van der Waals surface area contributed by atoms with Gasteiger partial charge in [-0.25, -0.2) is 12.8 Å². The van der Waals surface area contributed by atoms with Crippen molar-refractivity contribution < 1.29 is 17.6 Å². The lowest BCUT2D eigenvalue weighted by atomic mass is 10.1. The Balaban J connectivity index is 1.91. The van der Waals surface area contributed by atoms with E-state index in [4.69, 9.17) is 0 Å². The second kappa shape index (κ2) is 7.57. The smallest absolute Gasteiger partial charge is 0.220 e. The molecule has 0 bridgehead atoms. The van der Waals surface area contributed by atoms with Gasteiger partial charge in [0.25, 0.3) is 0 Å². The first-order valence-electron chi connectivity index (χ1n) is 7.59. The Morgan fingerprint density at radius 3 is 2.42 bits per heavy atom. The van der Waals surface area contributed by atoms with Gasteiger partial charge in [-0.3, -0.25) is 4.79 Å². The van der Waals surface area contributed by atoms with Crippen molar-refractivity contribution in [2.24, 2.45) is 0 Å².